The molecule has 0 radical (unpaired) electrons. The predicted octanol–water partition coefficient (Wildman–Crippen LogP) is 3.27. The van der Waals surface area contributed by atoms with Gasteiger partial charge < -0.3 is 14.8 Å². The lowest BCUT2D eigenvalue weighted by Gasteiger charge is -2.09. The van der Waals surface area contributed by atoms with E-state index in [9.17, 15) is 9.90 Å². The second kappa shape index (κ2) is 7.60. The number of furan rings is 1. The number of nitrogens with zero attached hydrogens (tertiary/aromatic N) is 4. The van der Waals surface area contributed by atoms with Crippen molar-refractivity contribution >= 4 is 11.6 Å². The molecule has 1 saturated carbocycles. The topological polar surface area (TPSA) is 122 Å². The summed E-state index contributed by atoms with van der Waals surface area (Å²) in [5.74, 6) is 0.352. The van der Waals surface area contributed by atoms with E-state index >= 15 is 0 Å². The molecule has 0 unspecified atom stereocenters. The Morgan fingerprint density at radius 3 is 2.93 bits per heavy atom. The molecular weight excluding hydrogens is 384 g/mol. The number of anilines is 1. The van der Waals surface area contributed by atoms with Crippen LogP contribution in [0.3, 0.4) is 0 Å². The van der Waals surface area contributed by atoms with Gasteiger partial charge >= 0.3 is 0 Å². The van der Waals surface area contributed by atoms with Gasteiger partial charge in [0.1, 0.15) is 11.5 Å². The van der Waals surface area contributed by atoms with Gasteiger partial charge in [-0.3, -0.25) is 19.6 Å². The summed E-state index contributed by atoms with van der Waals surface area (Å²) in [6.45, 7) is 0. The van der Waals surface area contributed by atoms with Crippen molar-refractivity contribution < 1.29 is 14.3 Å². The first-order valence-corrected chi connectivity index (χ1v) is 9.76. The summed E-state index contributed by atoms with van der Waals surface area (Å²) in [5.41, 5.74) is 2.53. The number of aromatic nitrogens is 5. The molecule has 4 heterocycles. The first-order valence-electron chi connectivity index (χ1n) is 9.76. The Morgan fingerprint density at radius 2 is 2.20 bits per heavy atom. The fourth-order valence-electron chi connectivity index (χ4n) is 3.72. The van der Waals surface area contributed by atoms with Crippen LogP contribution in [0.4, 0.5) is 5.69 Å². The van der Waals surface area contributed by atoms with E-state index in [1.807, 2.05) is 22.9 Å². The minimum atomic E-state index is -0.382. The molecule has 0 aromatic carbocycles. The second-order valence-electron chi connectivity index (χ2n) is 7.31. The smallest absolute Gasteiger partial charge is 0.291 e. The molecule has 5 rings (SSSR count). The van der Waals surface area contributed by atoms with Gasteiger partial charge in [-0.1, -0.05) is 6.07 Å². The number of pyridine rings is 1. The second-order valence-corrected chi connectivity index (χ2v) is 7.31. The molecule has 1 amide bonds. The van der Waals surface area contributed by atoms with Crippen LogP contribution in [0.5, 0.6) is 0 Å². The van der Waals surface area contributed by atoms with Crippen LogP contribution in [0.2, 0.25) is 0 Å². The lowest BCUT2D eigenvalue weighted by atomic mass is 10.2. The number of amides is 1. The molecule has 9 heteroatoms. The SMILES string of the molecule is O=C(Nc1cn([C@@H]2CC[C@@H](O)C2)nc1-c1ccccn1)c1ccc(-c2cn[nH]c2)o1. The Kier molecular flexibility index (Phi) is 4.64. The van der Waals surface area contributed by atoms with Gasteiger partial charge in [0.05, 0.1) is 35.3 Å². The lowest BCUT2D eigenvalue weighted by Crippen LogP contribution is -2.11. The zero-order chi connectivity index (χ0) is 20.5. The Bertz CT molecular complexity index is 1150. The van der Waals surface area contributed by atoms with Crippen LogP contribution in [0, 0.1) is 0 Å². The van der Waals surface area contributed by atoms with Gasteiger partial charge in [0.2, 0.25) is 0 Å². The van der Waals surface area contributed by atoms with Crippen LogP contribution < -0.4 is 5.32 Å². The normalized spacial score (nSPS) is 18.6. The molecule has 4 aromatic heterocycles. The van der Waals surface area contributed by atoms with Crippen molar-refractivity contribution in [2.75, 3.05) is 5.32 Å². The van der Waals surface area contributed by atoms with E-state index in [0.29, 0.717) is 29.3 Å². The lowest BCUT2D eigenvalue weighted by molar-refractivity contribution is 0.0997. The fourth-order valence-corrected chi connectivity index (χ4v) is 3.72. The molecular formula is C21H20N6O3. The Labute approximate surface area is 171 Å². The van der Waals surface area contributed by atoms with E-state index < -0.39 is 0 Å². The maximum atomic E-state index is 12.8. The summed E-state index contributed by atoms with van der Waals surface area (Å²) in [7, 11) is 0. The van der Waals surface area contributed by atoms with E-state index in [0.717, 1.165) is 18.4 Å². The maximum Gasteiger partial charge on any atom is 0.291 e. The predicted molar refractivity (Wildman–Crippen MR) is 109 cm³/mol. The first kappa shape index (κ1) is 18.3. The molecule has 2 atom stereocenters. The average molecular weight is 404 g/mol. The largest absolute Gasteiger partial charge is 0.451 e. The number of aliphatic hydroxyl groups is 1. The molecule has 1 fully saturated rings. The van der Waals surface area contributed by atoms with E-state index in [2.05, 4.69) is 25.6 Å². The molecule has 152 valence electrons. The monoisotopic (exact) mass is 404 g/mol. The summed E-state index contributed by atoms with van der Waals surface area (Å²) in [6, 6.07) is 8.97. The number of aliphatic hydroxyl groups excluding tert-OH is 1. The highest BCUT2D eigenvalue weighted by molar-refractivity contribution is 6.04. The van der Waals surface area contributed by atoms with Crippen LogP contribution in [-0.4, -0.2) is 42.1 Å². The number of rotatable bonds is 5. The number of carbonyl (C=O) groups excluding carboxylic acids is 1. The molecule has 4 aromatic rings. The standard InChI is InChI=1S/C21H20N6O3/c28-15-5-4-14(9-15)27-12-17(20(26-27)16-3-1-2-8-22-16)25-21(29)19-7-6-18(30-19)13-10-23-24-11-13/h1-3,6-8,10-12,14-15,28H,4-5,9H2,(H,23,24)(H,25,29)/t14-,15-/m1/s1. The minimum absolute atomic E-state index is 0.0874. The Morgan fingerprint density at radius 1 is 1.27 bits per heavy atom. The van der Waals surface area contributed by atoms with Gasteiger partial charge in [-0.05, 0) is 43.5 Å². The van der Waals surface area contributed by atoms with Crippen LogP contribution in [-0.2, 0) is 0 Å². The number of aromatic amines is 1. The fraction of sp³-hybridized carbons (Fsp3) is 0.238. The van der Waals surface area contributed by atoms with E-state index in [1.54, 1.807) is 36.9 Å². The zero-order valence-corrected chi connectivity index (χ0v) is 16.0. The van der Waals surface area contributed by atoms with Crippen LogP contribution in [0.1, 0.15) is 35.9 Å². The molecule has 0 aliphatic heterocycles. The number of hydrogen-bond acceptors (Lipinski definition) is 6. The summed E-state index contributed by atoms with van der Waals surface area (Å²) in [4.78, 5) is 17.2. The van der Waals surface area contributed by atoms with Crippen LogP contribution in [0.15, 0.2) is 59.5 Å². The van der Waals surface area contributed by atoms with E-state index in [1.165, 1.54) is 0 Å². The number of H-pyrrole nitrogens is 1. The van der Waals surface area contributed by atoms with E-state index in [-0.39, 0.29) is 23.8 Å². The van der Waals surface area contributed by atoms with Crippen molar-refractivity contribution in [3.05, 3.63) is 60.9 Å². The van der Waals surface area contributed by atoms with Gasteiger partial charge in [0.15, 0.2) is 5.76 Å². The van der Waals surface area contributed by atoms with Gasteiger partial charge in [0.25, 0.3) is 5.91 Å². The molecule has 0 spiro atoms. The molecule has 9 nitrogen and oxygen atoms in total. The molecule has 0 saturated heterocycles. The third kappa shape index (κ3) is 3.50. The highest BCUT2D eigenvalue weighted by Crippen LogP contribution is 2.33. The molecule has 30 heavy (non-hydrogen) atoms. The third-order valence-corrected chi connectivity index (χ3v) is 5.25. The number of hydrogen-bond donors (Lipinski definition) is 3. The Balaban J connectivity index is 1.44. The van der Waals surface area contributed by atoms with E-state index in [4.69, 9.17) is 4.42 Å². The highest BCUT2D eigenvalue weighted by Gasteiger charge is 2.27. The first-order chi connectivity index (χ1) is 14.7. The Hall–Kier alpha value is -3.72. The highest BCUT2D eigenvalue weighted by atomic mass is 16.4. The maximum absolute atomic E-state index is 12.8. The van der Waals surface area contributed by atoms with Crippen molar-refractivity contribution in [2.45, 2.75) is 31.4 Å². The van der Waals surface area contributed by atoms with Gasteiger partial charge in [-0.25, -0.2) is 0 Å². The van der Waals surface area contributed by atoms with Crippen molar-refractivity contribution in [3.8, 4) is 22.7 Å². The molecule has 1 aliphatic rings. The molecule has 1 aliphatic carbocycles. The van der Waals surface area contributed by atoms with Gasteiger partial charge in [-0.2, -0.15) is 10.2 Å². The quantitative estimate of drug-likeness (QED) is 0.469. The molecule has 0 bridgehead atoms. The third-order valence-electron chi connectivity index (χ3n) is 5.25. The van der Waals surface area contributed by atoms with Crippen molar-refractivity contribution in [1.29, 1.82) is 0 Å². The average Bonchev–Trinajstić information content (AvgIpc) is 3.54. The zero-order valence-electron chi connectivity index (χ0n) is 16.0. The number of nitrogens with one attached hydrogen (secondary N) is 2. The number of carbonyl (C=O) groups is 1. The summed E-state index contributed by atoms with van der Waals surface area (Å²) >= 11 is 0. The van der Waals surface area contributed by atoms with Gasteiger partial charge in [-0.15, -0.1) is 0 Å². The summed E-state index contributed by atoms with van der Waals surface area (Å²) in [5, 5.41) is 24.1. The summed E-state index contributed by atoms with van der Waals surface area (Å²) in [6.07, 6.45) is 8.70. The van der Waals surface area contributed by atoms with Crippen LogP contribution in [0.25, 0.3) is 22.7 Å². The molecule has 3 N–H and O–H groups in total. The van der Waals surface area contributed by atoms with Crippen LogP contribution >= 0.6 is 0 Å². The van der Waals surface area contributed by atoms with Crippen molar-refractivity contribution in [1.82, 2.24) is 25.0 Å². The summed E-state index contributed by atoms with van der Waals surface area (Å²) < 4.78 is 7.49. The van der Waals surface area contributed by atoms with Crippen molar-refractivity contribution in [2.24, 2.45) is 0 Å². The minimum Gasteiger partial charge on any atom is -0.451 e. The van der Waals surface area contributed by atoms with Gasteiger partial charge in [0, 0.05) is 18.6 Å². The van der Waals surface area contributed by atoms with Crippen molar-refractivity contribution in [3.63, 3.8) is 0 Å².